The molecule has 0 amide bonds. The second-order valence-electron chi connectivity index (χ2n) is 3.43. The number of nitrogens with two attached hydrogens (primary N) is 1. The monoisotopic (exact) mass is 150 g/mol. The fourth-order valence-electron chi connectivity index (χ4n) is 1.42. The molecule has 3 N–H and O–H groups in total. The Balaban J connectivity index is 1.93. The van der Waals surface area contributed by atoms with Crippen LogP contribution in [0.1, 0.15) is 30.9 Å². The number of aromatic amines is 1. The summed E-state index contributed by atoms with van der Waals surface area (Å²) in [4.78, 5) is 3.02. The molecular weight excluding hydrogens is 136 g/mol. The molecule has 2 nitrogen and oxygen atoms in total. The van der Waals surface area contributed by atoms with Crippen molar-refractivity contribution in [1.29, 1.82) is 0 Å². The van der Waals surface area contributed by atoms with Crippen LogP contribution in [-0.2, 0) is 0 Å². The summed E-state index contributed by atoms with van der Waals surface area (Å²) < 4.78 is 0. The third-order valence-electron chi connectivity index (χ3n) is 2.33. The van der Waals surface area contributed by atoms with Gasteiger partial charge in [0.05, 0.1) is 0 Å². The van der Waals surface area contributed by atoms with Gasteiger partial charge in [-0.1, -0.05) is 12.8 Å². The van der Waals surface area contributed by atoms with E-state index in [0.717, 1.165) is 12.3 Å². The van der Waals surface area contributed by atoms with Gasteiger partial charge in [0, 0.05) is 18.4 Å². The highest BCUT2D eigenvalue weighted by Crippen LogP contribution is 2.36. The zero-order chi connectivity index (χ0) is 7.68. The maximum atomic E-state index is 5.96. The molecule has 0 unspecified atom stereocenters. The molecule has 1 aromatic heterocycles. The van der Waals surface area contributed by atoms with Gasteiger partial charge in [0.25, 0.3) is 0 Å². The summed E-state index contributed by atoms with van der Waals surface area (Å²) in [5.41, 5.74) is 7.21. The quantitative estimate of drug-likeness (QED) is 0.678. The average Bonchev–Trinajstić information content (AvgIpc) is 2.67. The van der Waals surface area contributed by atoms with Crippen LogP contribution in [0.3, 0.4) is 0 Å². The van der Waals surface area contributed by atoms with Gasteiger partial charge in [0.2, 0.25) is 0 Å². The van der Waals surface area contributed by atoms with Crippen LogP contribution in [0.15, 0.2) is 18.5 Å². The van der Waals surface area contributed by atoms with E-state index >= 15 is 0 Å². The topological polar surface area (TPSA) is 41.8 Å². The van der Waals surface area contributed by atoms with Gasteiger partial charge >= 0.3 is 0 Å². The predicted molar refractivity (Wildman–Crippen MR) is 45.1 cm³/mol. The standard InChI is InChI=1S/C9H14N2/c10-9(5-7-1-2-7)8-3-4-11-6-8/h3-4,6-7,9,11H,1-2,5,10H2/t9-/m1/s1. The highest BCUT2D eigenvalue weighted by Gasteiger charge is 2.24. The zero-order valence-electron chi connectivity index (χ0n) is 6.59. The molecule has 0 spiro atoms. The molecule has 0 saturated heterocycles. The highest BCUT2D eigenvalue weighted by atomic mass is 14.7. The maximum Gasteiger partial charge on any atom is 0.0312 e. The van der Waals surface area contributed by atoms with Crippen LogP contribution in [0.4, 0.5) is 0 Å². The summed E-state index contributed by atoms with van der Waals surface area (Å²) in [6, 6.07) is 2.32. The van der Waals surface area contributed by atoms with Crippen molar-refractivity contribution in [3.63, 3.8) is 0 Å². The van der Waals surface area contributed by atoms with Crippen molar-refractivity contribution in [2.45, 2.75) is 25.3 Å². The smallest absolute Gasteiger partial charge is 0.0312 e. The molecule has 1 saturated carbocycles. The van der Waals surface area contributed by atoms with E-state index in [1.165, 1.54) is 18.4 Å². The van der Waals surface area contributed by atoms with E-state index in [9.17, 15) is 0 Å². The SMILES string of the molecule is N[C@H](CC1CC1)c1cc[nH]c1. The van der Waals surface area contributed by atoms with Gasteiger partial charge in [-0.05, 0) is 24.0 Å². The van der Waals surface area contributed by atoms with Crippen molar-refractivity contribution in [2.75, 3.05) is 0 Å². The van der Waals surface area contributed by atoms with Gasteiger partial charge in [-0.15, -0.1) is 0 Å². The van der Waals surface area contributed by atoms with E-state index in [0.29, 0.717) is 0 Å². The molecule has 2 rings (SSSR count). The molecule has 1 aromatic rings. The van der Waals surface area contributed by atoms with E-state index in [1.807, 2.05) is 12.4 Å². The van der Waals surface area contributed by atoms with Crippen molar-refractivity contribution in [1.82, 2.24) is 4.98 Å². The lowest BCUT2D eigenvalue weighted by molar-refractivity contribution is 0.597. The Morgan fingerprint density at radius 1 is 1.64 bits per heavy atom. The van der Waals surface area contributed by atoms with Gasteiger partial charge in [0.15, 0.2) is 0 Å². The average molecular weight is 150 g/mol. The van der Waals surface area contributed by atoms with Crippen LogP contribution in [0.25, 0.3) is 0 Å². The molecule has 1 aliphatic carbocycles. The van der Waals surface area contributed by atoms with Crippen LogP contribution >= 0.6 is 0 Å². The fraction of sp³-hybridized carbons (Fsp3) is 0.556. The summed E-state index contributed by atoms with van der Waals surface area (Å²) in [5, 5.41) is 0. The van der Waals surface area contributed by atoms with E-state index in [2.05, 4.69) is 11.1 Å². The second-order valence-corrected chi connectivity index (χ2v) is 3.43. The van der Waals surface area contributed by atoms with E-state index in [4.69, 9.17) is 5.73 Å². The molecule has 1 heterocycles. The lowest BCUT2D eigenvalue weighted by Gasteiger charge is -2.07. The molecule has 0 aliphatic heterocycles. The number of nitrogens with one attached hydrogen (secondary N) is 1. The van der Waals surface area contributed by atoms with Gasteiger partial charge < -0.3 is 10.7 Å². The Hall–Kier alpha value is -0.760. The van der Waals surface area contributed by atoms with Gasteiger partial charge in [-0.2, -0.15) is 0 Å². The third kappa shape index (κ3) is 1.63. The Kier molecular flexibility index (Phi) is 1.70. The lowest BCUT2D eigenvalue weighted by atomic mass is 10.1. The van der Waals surface area contributed by atoms with Crippen LogP contribution in [0.5, 0.6) is 0 Å². The van der Waals surface area contributed by atoms with Crippen molar-refractivity contribution in [2.24, 2.45) is 11.7 Å². The first-order valence-electron chi connectivity index (χ1n) is 4.24. The molecule has 60 valence electrons. The first kappa shape index (κ1) is 6.92. The Labute approximate surface area is 66.8 Å². The fourth-order valence-corrected chi connectivity index (χ4v) is 1.42. The number of hydrogen-bond donors (Lipinski definition) is 2. The first-order valence-corrected chi connectivity index (χ1v) is 4.24. The predicted octanol–water partition coefficient (Wildman–Crippen LogP) is 1.81. The van der Waals surface area contributed by atoms with Crippen molar-refractivity contribution < 1.29 is 0 Å². The highest BCUT2D eigenvalue weighted by molar-refractivity contribution is 5.13. The van der Waals surface area contributed by atoms with Crippen molar-refractivity contribution in [3.8, 4) is 0 Å². The number of aromatic nitrogens is 1. The lowest BCUT2D eigenvalue weighted by Crippen LogP contribution is -2.09. The van der Waals surface area contributed by atoms with Gasteiger partial charge in [-0.25, -0.2) is 0 Å². The molecule has 0 bridgehead atoms. The van der Waals surface area contributed by atoms with Crippen LogP contribution in [0.2, 0.25) is 0 Å². The molecular formula is C9H14N2. The number of rotatable bonds is 3. The van der Waals surface area contributed by atoms with Crippen molar-refractivity contribution in [3.05, 3.63) is 24.0 Å². The van der Waals surface area contributed by atoms with Gasteiger partial charge in [-0.3, -0.25) is 0 Å². The molecule has 2 heteroatoms. The normalized spacial score (nSPS) is 20.1. The largest absolute Gasteiger partial charge is 0.367 e. The summed E-state index contributed by atoms with van der Waals surface area (Å²) in [5.74, 6) is 0.917. The summed E-state index contributed by atoms with van der Waals surface area (Å²) in [6.45, 7) is 0. The Morgan fingerprint density at radius 3 is 3.00 bits per heavy atom. The summed E-state index contributed by atoms with van der Waals surface area (Å²) in [7, 11) is 0. The number of hydrogen-bond acceptors (Lipinski definition) is 1. The molecule has 1 atom stereocenters. The van der Waals surface area contributed by atoms with Crippen LogP contribution in [-0.4, -0.2) is 4.98 Å². The van der Waals surface area contributed by atoms with E-state index in [-0.39, 0.29) is 6.04 Å². The van der Waals surface area contributed by atoms with Crippen LogP contribution < -0.4 is 5.73 Å². The molecule has 11 heavy (non-hydrogen) atoms. The third-order valence-corrected chi connectivity index (χ3v) is 2.33. The maximum absolute atomic E-state index is 5.96. The Bertz CT molecular complexity index is 211. The molecule has 1 aliphatic rings. The minimum absolute atomic E-state index is 0.258. The molecule has 0 aromatic carbocycles. The first-order chi connectivity index (χ1) is 5.36. The van der Waals surface area contributed by atoms with E-state index in [1.54, 1.807) is 0 Å². The Morgan fingerprint density at radius 2 is 2.45 bits per heavy atom. The van der Waals surface area contributed by atoms with Gasteiger partial charge in [0.1, 0.15) is 0 Å². The minimum Gasteiger partial charge on any atom is -0.367 e. The van der Waals surface area contributed by atoms with Crippen molar-refractivity contribution >= 4 is 0 Å². The zero-order valence-corrected chi connectivity index (χ0v) is 6.59. The van der Waals surface area contributed by atoms with Crippen LogP contribution in [0, 0.1) is 5.92 Å². The molecule has 0 radical (unpaired) electrons. The summed E-state index contributed by atoms with van der Waals surface area (Å²) >= 11 is 0. The second kappa shape index (κ2) is 2.70. The number of H-pyrrole nitrogens is 1. The van der Waals surface area contributed by atoms with E-state index < -0.39 is 0 Å². The molecule has 1 fully saturated rings. The summed E-state index contributed by atoms with van der Waals surface area (Å²) in [6.07, 6.45) is 7.86. The minimum atomic E-state index is 0.258.